The van der Waals surface area contributed by atoms with Crippen LogP contribution in [-0.4, -0.2) is 27.9 Å². The van der Waals surface area contributed by atoms with Gasteiger partial charge in [0, 0.05) is 23.7 Å². The Morgan fingerprint density at radius 1 is 0.840 bits per heavy atom. The van der Waals surface area contributed by atoms with Gasteiger partial charge in [0.05, 0.1) is 4.90 Å². The van der Waals surface area contributed by atoms with E-state index < -0.39 is 34.6 Å². The van der Waals surface area contributed by atoms with E-state index in [1.807, 2.05) is 0 Å². The number of rotatable bonds is 7. The highest BCUT2D eigenvalue weighted by Gasteiger charge is 2.15. The van der Waals surface area contributed by atoms with Crippen LogP contribution in [0.3, 0.4) is 0 Å². The number of halogens is 4. The third-order valence-electron chi connectivity index (χ3n) is 2.95. The van der Waals surface area contributed by atoms with Gasteiger partial charge in [-0.25, -0.2) is 8.42 Å². The van der Waals surface area contributed by atoms with Gasteiger partial charge in [-0.3, -0.25) is 0 Å². The summed E-state index contributed by atoms with van der Waals surface area (Å²) in [5.74, 6) is -1.10. The van der Waals surface area contributed by atoms with Crippen molar-refractivity contribution in [1.29, 1.82) is 0 Å². The predicted octanol–water partition coefficient (Wildman–Crippen LogP) is 4.04. The maximum atomic E-state index is 12.4. The molecule has 0 radical (unpaired) electrons. The van der Waals surface area contributed by atoms with E-state index in [1.165, 1.54) is 30.3 Å². The van der Waals surface area contributed by atoms with Crippen molar-refractivity contribution in [1.82, 2.24) is 0 Å². The molecule has 136 valence electrons. The second-order valence-electron chi connectivity index (χ2n) is 4.84. The first-order chi connectivity index (χ1) is 11.6. The van der Waals surface area contributed by atoms with E-state index in [1.54, 1.807) is 0 Å². The monoisotopic (exact) mass is 379 g/mol. The van der Waals surface area contributed by atoms with Gasteiger partial charge < -0.3 is 14.8 Å². The summed E-state index contributed by atoms with van der Waals surface area (Å²) >= 11 is 0. The molecule has 2 rings (SSSR count). The van der Waals surface area contributed by atoms with Gasteiger partial charge in [-0.05, 0) is 36.4 Å². The van der Waals surface area contributed by atoms with Crippen LogP contribution in [0, 0.1) is 0 Å². The van der Waals surface area contributed by atoms with Gasteiger partial charge in [-0.1, -0.05) is 0 Å². The van der Waals surface area contributed by atoms with E-state index in [0.29, 0.717) is 5.69 Å². The van der Waals surface area contributed by atoms with Gasteiger partial charge in [-0.2, -0.15) is 17.6 Å². The lowest BCUT2D eigenvalue weighted by molar-refractivity contribution is -0.0691. The molecule has 0 amide bonds. The quantitative estimate of drug-likeness (QED) is 0.736. The molecule has 10 heteroatoms. The Labute approximate surface area is 141 Å². The van der Waals surface area contributed by atoms with E-state index in [9.17, 15) is 26.0 Å². The Morgan fingerprint density at radius 3 is 1.88 bits per heavy atom. The SMILES string of the molecule is CS(=O)(=O)c1ccc(Nc2ccc(OC(F)F)c(OC(F)F)c2)cc1. The third kappa shape index (κ3) is 5.52. The molecule has 1 N–H and O–H groups in total. The van der Waals surface area contributed by atoms with Crippen LogP contribution in [0.4, 0.5) is 28.9 Å². The molecule has 5 nitrogen and oxygen atoms in total. The molecular weight excluding hydrogens is 366 g/mol. The number of nitrogens with one attached hydrogen (secondary N) is 1. The van der Waals surface area contributed by atoms with E-state index >= 15 is 0 Å². The Kier molecular flexibility index (Phi) is 5.73. The van der Waals surface area contributed by atoms with Crippen LogP contribution in [-0.2, 0) is 9.84 Å². The number of benzene rings is 2. The Balaban J connectivity index is 2.24. The minimum absolute atomic E-state index is 0.112. The van der Waals surface area contributed by atoms with Crippen LogP contribution < -0.4 is 14.8 Å². The van der Waals surface area contributed by atoms with Crippen LogP contribution >= 0.6 is 0 Å². The molecule has 0 saturated heterocycles. The first-order valence-electron chi connectivity index (χ1n) is 6.76. The third-order valence-corrected chi connectivity index (χ3v) is 4.08. The fourth-order valence-corrected chi connectivity index (χ4v) is 2.55. The summed E-state index contributed by atoms with van der Waals surface area (Å²) in [6.07, 6.45) is 1.06. The molecule has 0 aliphatic heterocycles. The van der Waals surface area contributed by atoms with Gasteiger partial charge in [-0.15, -0.1) is 0 Å². The van der Waals surface area contributed by atoms with Crippen molar-refractivity contribution in [3.63, 3.8) is 0 Å². The highest BCUT2D eigenvalue weighted by Crippen LogP contribution is 2.34. The Hall–Kier alpha value is -2.49. The molecule has 0 bridgehead atoms. The van der Waals surface area contributed by atoms with Crippen LogP contribution in [0.1, 0.15) is 0 Å². The number of sulfone groups is 1. The molecule has 0 spiro atoms. The van der Waals surface area contributed by atoms with Crippen molar-refractivity contribution in [2.45, 2.75) is 18.1 Å². The Morgan fingerprint density at radius 2 is 1.36 bits per heavy atom. The highest BCUT2D eigenvalue weighted by atomic mass is 32.2. The Bertz CT molecular complexity index is 826. The van der Waals surface area contributed by atoms with Gasteiger partial charge in [0.2, 0.25) is 0 Å². The summed E-state index contributed by atoms with van der Waals surface area (Å²) in [4.78, 5) is 0.112. The fourth-order valence-electron chi connectivity index (χ4n) is 1.92. The summed E-state index contributed by atoms with van der Waals surface area (Å²) in [5.41, 5.74) is 0.710. The molecule has 25 heavy (non-hydrogen) atoms. The maximum absolute atomic E-state index is 12.4. The van der Waals surface area contributed by atoms with Crippen LogP contribution in [0.15, 0.2) is 47.4 Å². The van der Waals surface area contributed by atoms with Crippen molar-refractivity contribution in [2.75, 3.05) is 11.6 Å². The van der Waals surface area contributed by atoms with Gasteiger partial charge in [0.15, 0.2) is 21.3 Å². The van der Waals surface area contributed by atoms with Crippen molar-refractivity contribution in [3.05, 3.63) is 42.5 Å². The van der Waals surface area contributed by atoms with E-state index in [-0.39, 0.29) is 10.6 Å². The lowest BCUT2D eigenvalue weighted by Gasteiger charge is -2.14. The molecule has 0 heterocycles. The zero-order chi connectivity index (χ0) is 18.6. The van der Waals surface area contributed by atoms with E-state index in [0.717, 1.165) is 18.4 Å². The number of ether oxygens (including phenoxy) is 2. The summed E-state index contributed by atoms with van der Waals surface area (Å²) in [7, 11) is -3.35. The van der Waals surface area contributed by atoms with Crippen molar-refractivity contribution >= 4 is 21.2 Å². The maximum Gasteiger partial charge on any atom is 0.387 e. The molecule has 2 aromatic carbocycles. The van der Waals surface area contributed by atoms with Gasteiger partial charge in [0.25, 0.3) is 0 Å². The van der Waals surface area contributed by atoms with Crippen molar-refractivity contribution in [2.24, 2.45) is 0 Å². The molecule has 0 saturated carbocycles. The molecule has 2 aromatic rings. The first kappa shape index (κ1) is 18.8. The standard InChI is InChI=1S/C15H13F4NO4S/c1-25(21,22)11-5-2-9(3-6-11)20-10-4-7-12(23-14(16)17)13(8-10)24-15(18)19/h2-8,14-15,20H,1H3. The number of anilines is 2. The number of hydrogen-bond donors (Lipinski definition) is 1. The topological polar surface area (TPSA) is 64.6 Å². The zero-order valence-electron chi connectivity index (χ0n) is 12.7. The molecule has 0 unspecified atom stereocenters. The summed E-state index contributed by atoms with van der Waals surface area (Å²) in [6.45, 7) is -6.41. The first-order valence-corrected chi connectivity index (χ1v) is 8.65. The second kappa shape index (κ2) is 7.60. The number of alkyl halides is 4. The average molecular weight is 379 g/mol. The largest absolute Gasteiger partial charge is 0.431 e. The van der Waals surface area contributed by atoms with Crippen LogP contribution in [0.2, 0.25) is 0 Å². The molecule has 0 aliphatic rings. The predicted molar refractivity (Wildman–Crippen MR) is 82.5 cm³/mol. The van der Waals surface area contributed by atoms with Crippen molar-refractivity contribution < 1.29 is 35.5 Å². The molecule has 0 aromatic heterocycles. The molecule has 0 atom stereocenters. The van der Waals surface area contributed by atoms with Crippen LogP contribution in [0.5, 0.6) is 11.5 Å². The minimum atomic E-state index is -3.35. The molecular formula is C15H13F4NO4S. The minimum Gasteiger partial charge on any atom is -0.431 e. The lowest BCUT2D eigenvalue weighted by atomic mass is 10.2. The normalized spacial score (nSPS) is 11.6. The molecule has 0 aliphatic carbocycles. The highest BCUT2D eigenvalue weighted by molar-refractivity contribution is 7.90. The average Bonchev–Trinajstić information content (AvgIpc) is 2.48. The van der Waals surface area contributed by atoms with Crippen molar-refractivity contribution in [3.8, 4) is 11.5 Å². The summed E-state index contributed by atoms with van der Waals surface area (Å²) in [6, 6.07) is 9.10. The fraction of sp³-hybridized carbons (Fsp3) is 0.200. The lowest BCUT2D eigenvalue weighted by Crippen LogP contribution is -2.08. The smallest absolute Gasteiger partial charge is 0.387 e. The molecule has 0 fully saturated rings. The zero-order valence-corrected chi connectivity index (χ0v) is 13.6. The second-order valence-corrected chi connectivity index (χ2v) is 6.86. The summed E-state index contributed by atoms with van der Waals surface area (Å²) < 4.78 is 80.5. The van der Waals surface area contributed by atoms with E-state index in [4.69, 9.17) is 0 Å². The van der Waals surface area contributed by atoms with Gasteiger partial charge >= 0.3 is 13.2 Å². The summed E-state index contributed by atoms with van der Waals surface area (Å²) in [5, 5.41) is 2.81. The van der Waals surface area contributed by atoms with Crippen LogP contribution in [0.25, 0.3) is 0 Å². The number of hydrogen-bond acceptors (Lipinski definition) is 5. The van der Waals surface area contributed by atoms with E-state index in [2.05, 4.69) is 14.8 Å². The van der Waals surface area contributed by atoms with Gasteiger partial charge in [0.1, 0.15) is 0 Å².